The molecule has 0 bridgehead atoms. The number of nitrogens with zero attached hydrogens (tertiary/aromatic N) is 3. The van der Waals surface area contributed by atoms with E-state index in [0.717, 1.165) is 22.6 Å². The third-order valence-electron chi connectivity index (χ3n) is 3.30. The van der Waals surface area contributed by atoms with Crippen LogP contribution in [0.2, 0.25) is 0 Å². The number of hydrogen-bond donors (Lipinski definition) is 1. The zero-order valence-electron chi connectivity index (χ0n) is 11.4. The van der Waals surface area contributed by atoms with Crippen LogP contribution in [0.25, 0.3) is 17.1 Å². The maximum atomic E-state index is 10.9. The zero-order chi connectivity index (χ0) is 14.8. The van der Waals surface area contributed by atoms with E-state index in [0.29, 0.717) is 0 Å². The van der Waals surface area contributed by atoms with Gasteiger partial charge in [0.15, 0.2) is 0 Å². The fourth-order valence-corrected chi connectivity index (χ4v) is 2.18. The molecule has 0 spiro atoms. The van der Waals surface area contributed by atoms with E-state index >= 15 is 0 Å². The van der Waals surface area contributed by atoms with Gasteiger partial charge in [-0.1, -0.05) is 12.1 Å². The number of benzene rings is 1. The third kappa shape index (κ3) is 2.41. The second-order valence-electron chi connectivity index (χ2n) is 4.67. The van der Waals surface area contributed by atoms with Crippen LogP contribution in [0.15, 0.2) is 55.1 Å². The Hall–Kier alpha value is -2.95. The van der Waals surface area contributed by atoms with Gasteiger partial charge in [0.05, 0.1) is 17.4 Å². The summed E-state index contributed by atoms with van der Waals surface area (Å²) in [5.74, 6) is -0.184. The summed E-state index contributed by atoms with van der Waals surface area (Å²) in [7, 11) is 0. The Morgan fingerprint density at radius 3 is 2.57 bits per heavy atom. The van der Waals surface area contributed by atoms with Gasteiger partial charge < -0.3 is 5.11 Å². The molecule has 0 aliphatic carbocycles. The Labute approximate surface area is 121 Å². The van der Waals surface area contributed by atoms with Crippen LogP contribution in [0.3, 0.4) is 0 Å². The van der Waals surface area contributed by atoms with Crippen LogP contribution in [0.1, 0.15) is 15.9 Å². The molecule has 5 nitrogen and oxygen atoms in total. The van der Waals surface area contributed by atoms with E-state index in [2.05, 4.69) is 9.97 Å². The van der Waals surface area contributed by atoms with Crippen LogP contribution >= 0.6 is 0 Å². The lowest BCUT2D eigenvalue weighted by Gasteiger charge is -2.10. The highest BCUT2D eigenvalue weighted by molar-refractivity contribution is 5.88. The van der Waals surface area contributed by atoms with Gasteiger partial charge in [-0.15, -0.1) is 0 Å². The number of carboxylic acid groups (broad SMARTS) is 1. The van der Waals surface area contributed by atoms with Crippen LogP contribution in [0.5, 0.6) is 0 Å². The maximum absolute atomic E-state index is 10.9. The van der Waals surface area contributed by atoms with Gasteiger partial charge in [0.25, 0.3) is 0 Å². The minimum atomic E-state index is -0.937. The van der Waals surface area contributed by atoms with Gasteiger partial charge in [-0.2, -0.15) is 0 Å². The molecule has 0 fully saturated rings. The van der Waals surface area contributed by atoms with E-state index in [9.17, 15) is 4.79 Å². The minimum Gasteiger partial charge on any atom is -0.478 e. The maximum Gasteiger partial charge on any atom is 0.335 e. The molecule has 1 aromatic carbocycles. The summed E-state index contributed by atoms with van der Waals surface area (Å²) in [6.45, 7) is 2.01. The lowest BCUT2D eigenvalue weighted by atomic mass is 10.1. The van der Waals surface area contributed by atoms with Crippen molar-refractivity contribution in [2.24, 2.45) is 0 Å². The Balaban J connectivity index is 2.07. The van der Waals surface area contributed by atoms with Crippen LogP contribution in [-0.4, -0.2) is 25.6 Å². The van der Waals surface area contributed by atoms with E-state index in [4.69, 9.17) is 5.11 Å². The van der Waals surface area contributed by atoms with E-state index in [-0.39, 0.29) is 5.56 Å². The summed E-state index contributed by atoms with van der Waals surface area (Å²) in [5.41, 5.74) is 3.15. The quantitative estimate of drug-likeness (QED) is 0.800. The summed E-state index contributed by atoms with van der Waals surface area (Å²) >= 11 is 0. The number of rotatable bonds is 3. The normalized spacial score (nSPS) is 10.5. The second-order valence-corrected chi connectivity index (χ2v) is 4.67. The van der Waals surface area contributed by atoms with Gasteiger partial charge in [-0.25, -0.2) is 9.78 Å². The summed E-state index contributed by atoms with van der Waals surface area (Å²) in [4.78, 5) is 19.4. The zero-order valence-corrected chi connectivity index (χ0v) is 11.4. The molecular weight excluding hydrogens is 266 g/mol. The van der Waals surface area contributed by atoms with E-state index in [1.807, 2.05) is 23.8 Å². The number of imidazole rings is 1. The summed E-state index contributed by atoms with van der Waals surface area (Å²) in [6.07, 6.45) is 7.11. The van der Waals surface area contributed by atoms with Crippen molar-refractivity contribution in [2.75, 3.05) is 0 Å². The first-order chi connectivity index (χ1) is 10.2. The lowest BCUT2D eigenvalue weighted by Crippen LogP contribution is -2.00. The van der Waals surface area contributed by atoms with Crippen molar-refractivity contribution in [1.29, 1.82) is 0 Å². The predicted molar refractivity (Wildman–Crippen MR) is 78.5 cm³/mol. The second kappa shape index (κ2) is 5.20. The Bertz CT molecular complexity index is 791. The average Bonchev–Trinajstić information content (AvgIpc) is 2.97. The van der Waals surface area contributed by atoms with Crippen molar-refractivity contribution in [2.45, 2.75) is 6.92 Å². The predicted octanol–water partition coefficient (Wildman–Crippen LogP) is 2.94. The molecule has 0 saturated heterocycles. The standard InChI is InChI=1S/C16H13N3O2/c1-11-6-7-17-10-14(11)19-9-8-18-15(19)12-2-4-13(5-3-12)16(20)21/h2-10H,1H3,(H,20,21). The van der Waals surface area contributed by atoms with E-state index in [1.54, 1.807) is 42.9 Å². The molecule has 104 valence electrons. The van der Waals surface area contributed by atoms with Crippen molar-refractivity contribution >= 4 is 5.97 Å². The molecule has 3 aromatic rings. The first-order valence-corrected chi connectivity index (χ1v) is 6.45. The molecule has 2 aromatic heterocycles. The molecule has 1 N–H and O–H groups in total. The fourth-order valence-electron chi connectivity index (χ4n) is 2.18. The summed E-state index contributed by atoms with van der Waals surface area (Å²) < 4.78 is 1.94. The Morgan fingerprint density at radius 1 is 1.14 bits per heavy atom. The third-order valence-corrected chi connectivity index (χ3v) is 3.30. The average molecular weight is 279 g/mol. The molecule has 0 aliphatic heterocycles. The molecular formula is C16H13N3O2. The topological polar surface area (TPSA) is 68.0 Å². The highest BCUT2D eigenvalue weighted by atomic mass is 16.4. The van der Waals surface area contributed by atoms with Gasteiger partial charge >= 0.3 is 5.97 Å². The molecule has 2 heterocycles. The van der Waals surface area contributed by atoms with Crippen molar-refractivity contribution in [3.8, 4) is 17.1 Å². The number of aromatic carboxylic acids is 1. The van der Waals surface area contributed by atoms with Crippen molar-refractivity contribution in [3.05, 3.63) is 66.2 Å². The monoisotopic (exact) mass is 279 g/mol. The first-order valence-electron chi connectivity index (χ1n) is 6.45. The van der Waals surface area contributed by atoms with Crippen LogP contribution in [0.4, 0.5) is 0 Å². The molecule has 21 heavy (non-hydrogen) atoms. The summed E-state index contributed by atoms with van der Waals surface area (Å²) in [5, 5.41) is 8.95. The molecule has 5 heteroatoms. The fraction of sp³-hybridized carbons (Fsp3) is 0.0625. The molecule has 0 saturated carbocycles. The van der Waals surface area contributed by atoms with Gasteiger partial charge in [0, 0.05) is 24.2 Å². The first kappa shape index (κ1) is 13.1. The number of pyridine rings is 1. The van der Waals surface area contributed by atoms with Crippen LogP contribution in [0, 0.1) is 6.92 Å². The molecule has 0 radical (unpaired) electrons. The van der Waals surface area contributed by atoms with Crippen LogP contribution in [-0.2, 0) is 0 Å². The number of aryl methyl sites for hydroxylation is 1. The molecule has 0 aliphatic rings. The molecule has 0 amide bonds. The van der Waals surface area contributed by atoms with E-state index < -0.39 is 5.97 Å². The highest BCUT2D eigenvalue weighted by Gasteiger charge is 2.10. The summed E-state index contributed by atoms with van der Waals surface area (Å²) in [6, 6.07) is 8.61. The van der Waals surface area contributed by atoms with Crippen molar-refractivity contribution in [1.82, 2.24) is 14.5 Å². The highest BCUT2D eigenvalue weighted by Crippen LogP contribution is 2.23. The SMILES string of the molecule is Cc1ccncc1-n1ccnc1-c1ccc(C(=O)O)cc1. The molecule has 3 rings (SSSR count). The van der Waals surface area contributed by atoms with E-state index in [1.165, 1.54) is 0 Å². The smallest absolute Gasteiger partial charge is 0.335 e. The molecule has 0 unspecified atom stereocenters. The Kier molecular flexibility index (Phi) is 3.23. The Morgan fingerprint density at radius 2 is 1.90 bits per heavy atom. The number of aromatic nitrogens is 3. The van der Waals surface area contributed by atoms with Crippen molar-refractivity contribution < 1.29 is 9.90 Å². The largest absolute Gasteiger partial charge is 0.478 e. The number of carbonyl (C=O) groups is 1. The van der Waals surface area contributed by atoms with Gasteiger partial charge in [-0.05, 0) is 30.7 Å². The van der Waals surface area contributed by atoms with Gasteiger partial charge in [0.2, 0.25) is 0 Å². The van der Waals surface area contributed by atoms with Crippen molar-refractivity contribution in [3.63, 3.8) is 0 Å². The lowest BCUT2D eigenvalue weighted by molar-refractivity contribution is 0.0697. The van der Waals surface area contributed by atoms with Crippen LogP contribution < -0.4 is 0 Å². The number of hydrogen-bond acceptors (Lipinski definition) is 3. The van der Waals surface area contributed by atoms with Gasteiger partial charge in [0.1, 0.15) is 5.82 Å². The molecule has 0 atom stereocenters. The number of carboxylic acids is 1. The van der Waals surface area contributed by atoms with Gasteiger partial charge in [-0.3, -0.25) is 9.55 Å². The minimum absolute atomic E-state index is 0.259.